The summed E-state index contributed by atoms with van der Waals surface area (Å²) in [6.45, 7) is 2.69. The maximum Gasteiger partial charge on any atom is 0.243 e. The largest absolute Gasteiger partial charge is 0.343 e. The van der Waals surface area contributed by atoms with E-state index in [2.05, 4.69) is 11.9 Å². The highest BCUT2D eigenvalue weighted by Gasteiger charge is 2.11. The minimum Gasteiger partial charge on any atom is -0.343 e. The van der Waals surface area contributed by atoms with Crippen molar-refractivity contribution in [2.45, 2.75) is 6.04 Å². The first-order valence-corrected chi connectivity index (χ1v) is 4.31. The smallest absolute Gasteiger partial charge is 0.243 e. The van der Waals surface area contributed by atoms with Gasteiger partial charge in [0.2, 0.25) is 5.91 Å². The van der Waals surface area contributed by atoms with Crippen molar-refractivity contribution in [2.24, 2.45) is 0 Å². The fraction of sp³-hybridized carbons (Fsp3) is 0.182. The molecule has 0 aromatic heterocycles. The molecule has 0 aliphatic rings. The van der Waals surface area contributed by atoms with E-state index in [0.717, 1.165) is 11.6 Å². The van der Waals surface area contributed by atoms with Gasteiger partial charge in [-0.3, -0.25) is 4.79 Å². The molecule has 1 N–H and O–H groups in total. The van der Waals surface area contributed by atoms with Crippen molar-refractivity contribution >= 4 is 5.91 Å². The van der Waals surface area contributed by atoms with E-state index in [9.17, 15) is 9.18 Å². The number of carbonyl (C=O) groups is 1. The van der Waals surface area contributed by atoms with Gasteiger partial charge >= 0.3 is 0 Å². The van der Waals surface area contributed by atoms with Crippen molar-refractivity contribution in [1.29, 1.82) is 0 Å². The first-order valence-electron chi connectivity index (χ1n) is 4.31. The van der Waals surface area contributed by atoms with Gasteiger partial charge in [-0.05, 0) is 11.6 Å². The van der Waals surface area contributed by atoms with Gasteiger partial charge < -0.3 is 5.32 Å². The summed E-state index contributed by atoms with van der Waals surface area (Å²) in [4.78, 5) is 11.0. The SMILES string of the molecule is C=CC(=O)N[C@H](CF)c1ccccc1. The Kier molecular flexibility index (Phi) is 3.85. The van der Waals surface area contributed by atoms with Crippen LogP contribution in [0.2, 0.25) is 0 Å². The molecule has 0 heterocycles. The lowest BCUT2D eigenvalue weighted by Crippen LogP contribution is -2.27. The highest BCUT2D eigenvalue weighted by atomic mass is 19.1. The molecule has 3 heteroatoms. The van der Waals surface area contributed by atoms with Gasteiger partial charge in [0.05, 0.1) is 6.04 Å². The summed E-state index contributed by atoms with van der Waals surface area (Å²) >= 11 is 0. The molecule has 0 radical (unpaired) electrons. The van der Waals surface area contributed by atoms with Gasteiger partial charge in [0, 0.05) is 0 Å². The lowest BCUT2D eigenvalue weighted by atomic mass is 10.1. The third kappa shape index (κ3) is 2.69. The zero-order valence-corrected chi connectivity index (χ0v) is 7.74. The second-order valence-electron chi connectivity index (χ2n) is 2.83. The van der Waals surface area contributed by atoms with E-state index in [-0.39, 0.29) is 5.91 Å². The molecule has 0 unspecified atom stereocenters. The molecule has 1 rings (SSSR count). The Morgan fingerprint density at radius 2 is 2.14 bits per heavy atom. The molecule has 0 aliphatic carbocycles. The van der Waals surface area contributed by atoms with Crippen LogP contribution in [-0.2, 0) is 4.79 Å². The van der Waals surface area contributed by atoms with Crippen molar-refractivity contribution in [3.05, 3.63) is 48.6 Å². The van der Waals surface area contributed by atoms with Gasteiger partial charge in [0.25, 0.3) is 0 Å². The van der Waals surface area contributed by atoms with Crippen LogP contribution in [-0.4, -0.2) is 12.6 Å². The van der Waals surface area contributed by atoms with Crippen LogP contribution in [0.25, 0.3) is 0 Å². The summed E-state index contributed by atoms with van der Waals surface area (Å²) in [5.74, 6) is -0.364. The number of nitrogens with one attached hydrogen (secondary N) is 1. The van der Waals surface area contributed by atoms with E-state index < -0.39 is 12.7 Å². The Hall–Kier alpha value is -1.64. The standard InChI is InChI=1S/C11H12FNO/c1-2-11(14)13-10(8-12)9-6-4-3-5-7-9/h2-7,10H,1,8H2,(H,13,14)/t10-/m1/s1. The summed E-state index contributed by atoms with van der Waals surface area (Å²) in [5, 5.41) is 2.50. The highest BCUT2D eigenvalue weighted by Crippen LogP contribution is 2.12. The molecule has 0 fully saturated rings. The number of benzene rings is 1. The summed E-state index contributed by atoms with van der Waals surface area (Å²) < 4.78 is 12.6. The lowest BCUT2D eigenvalue weighted by Gasteiger charge is -2.14. The van der Waals surface area contributed by atoms with Crippen molar-refractivity contribution in [1.82, 2.24) is 5.32 Å². The number of hydrogen-bond acceptors (Lipinski definition) is 1. The molecule has 74 valence electrons. The van der Waals surface area contributed by atoms with Crippen LogP contribution in [0.3, 0.4) is 0 Å². The van der Waals surface area contributed by atoms with E-state index in [1.54, 1.807) is 24.3 Å². The predicted octanol–water partition coefficient (Wildman–Crippen LogP) is 2.00. The fourth-order valence-corrected chi connectivity index (χ4v) is 1.13. The Morgan fingerprint density at radius 3 is 2.64 bits per heavy atom. The molecule has 2 nitrogen and oxygen atoms in total. The number of amides is 1. The molecule has 1 amide bonds. The number of halogens is 1. The Bertz CT molecular complexity index is 310. The van der Waals surface area contributed by atoms with E-state index >= 15 is 0 Å². The number of rotatable bonds is 4. The van der Waals surface area contributed by atoms with Gasteiger partial charge in [-0.15, -0.1) is 0 Å². The third-order valence-electron chi connectivity index (χ3n) is 1.86. The maximum absolute atomic E-state index is 12.6. The summed E-state index contributed by atoms with van der Waals surface area (Å²) in [6, 6.07) is 8.41. The molecule has 0 bridgehead atoms. The van der Waals surface area contributed by atoms with Crippen LogP contribution in [0.4, 0.5) is 4.39 Å². The summed E-state index contributed by atoms with van der Waals surface area (Å²) in [6.07, 6.45) is 1.13. The molecule has 1 aromatic rings. The van der Waals surface area contributed by atoms with Gasteiger partial charge in [0.1, 0.15) is 6.67 Å². The zero-order chi connectivity index (χ0) is 10.4. The predicted molar refractivity (Wildman–Crippen MR) is 53.5 cm³/mol. The second kappa shape index (κ2) is 5.17. The first kappa shape index (κ1) is 10.4. The van der Waals surface area contributed by atoms with E-state index in [1.807, 2.05) is 6.07 Å². The number of carbonyl (C=O) groups excluding carboxylic acids is 1. The van der Waals surface area contributed by atoms with E-state index in [4.69, 9.17) is 0 Å². The molecule has 14 heavy (non-hydrogen) atoms. The number of hydrogen-bond donors (Lipinski definition) is 1. The average molecular weight is 193 g/mol. The van der Waals surface area contributed by atoms with Crippen molar-refractivity contribution < 1.29 is 9.18 Å². The minimum absolute atomic E-state index is 0.364. The Morgan fingerprint density at radius 1 is 1.50 bits per heavy atom. The normalized spacial score (nSPS) is 11.8. The molecule has 0 aliphatic heterocycles. The molecule has 1 aromatic carbocycles. The van der Waals surface area contributed by atoms with Crippen molar-refractivity contribution in [2.75, 3.05) is 6.67 Å². The maximum atomic E-state index is 12.6. The average Bonchev–Trinajstić information content (AvgIpc) is 2.26. The topological polar surface area (TPSA) is 29.1 Å². The van der Waals surface area contributed by atoms with Gasteiger partial charge in [0.15, 0.2) is 0 Å². The monoisotopic (exact) mass is 193 g/mol. The highest BCUT2D eigenvalue weighted by molar-refractivity contribution is 5.87. The lowest BCUT2D eigenvalue weighted by molar-refractivity contribution is -0.117. The molecule has 1 atom stereocenters. The van der Waals surface area contributed by atoms with Crippen molar-refractivity contribution in [3.8, 4) is 0 Å². The summed E-state index contributed by atoms with van der Waals surface area (Å²) in [7, 11) is 0. The van der Waals surface area contributed by atoms with Crippen LogP contribution in [0.1, 0.15) is 11.6 Å². The van der Waals surface area contributed by atoms with E-state index in [0.29, 0.717) is 0 Å². The third-order valence-corrected chi connectivity index (χ3v) is 1.86. The van der Waals surface area contributed by atoms with Crippen LogP contribution in [0.15, 0.2) is 43.0 Å². The van der Waals surface area contributed by atoms with Gasteiger partial charge in [-0.25, -0.2) is 4.39 Å². The first-order chi connectivity index (χ1) is 6.77. The quantitative estimate of drug-likeness (QED) is 0.728. The van der Waals surface area contributed by atoms with Crippen LogP contribution < -0.4 is 5.32 Å². The Balaban J connectivity index is 2.72. The molecule has 0 saturated heterocycles. The van der Waals surface area contributed by atoms with E-state index in [1.165, 1.54) is 0 Å². The molecule has 0 spiro atoms. The van der Waals surface area contributed by atoms with Gasteiger partial charge in [-0.1, -0.05) is 36.9 Å². The number of alkyl halides is 1. The fourth-order valence-electron chi connectivity index (χ4n) is 1.13. The van der Waals surface area contributed by atoms with Crippen LogP contribution >= 0.6 is 0 Å². The van der Waals surface area contributed by atoms with Gasteiger partial charge in [-0.2, -0.15) is 0 Å². The molecular weight excluding hydrogens is 181 g/mol. The Labute approximate surface area is 82.4 Å². The zero-order valence-electron chi connectivity index (χ0n) is 7.74. The molecular formula is C11H12FNO. The minimum atomic E-state index is -0.621. The van der Waals surface area contributed by atoms with Crippen LogP contribution in [0.5, 0.6) is 0 Å². The summed E-state index contributed by atoms with van der Waals surface area (Å²) in [5.41, 5.74) is 0.755. The molecule has 0 saturated carbocycles. The second-order valence-corrected chi connectivity index (χ2v) is 2.83. The van der Waals surface area contributed by atoms with Crippen molar-refractivity contribution in [3.63, 3.8) is 0 Å². The van der Waals surface area contributed by atoms with Crippen LogP contribution in [0, 0.1) is 0 Å².